The summed E-state index contributed by atoms with van der Waals surface area (Å²) in [6.07, 6.45) is 0.100. The Bertz CT molecular complexity index is 1380. The minimum Gasteiger partial charge on any atom is -0.494 e. The normalized spacial score (nSPS) is 15.5. The molecule has 0 aliphatic carbocycles. The van der Waals surface area contributed by atoms with Crippen LogP contribution in [0.15, 0.2) is 35.1 Å². The minimum atomic E-state index is -0.753. The van der Waals surface area contributed by atoms with Crippen molar-refractivity contribution in [2.45, 2.75) is 26.0 Å². The summed E-state index contributed by atoms with van der Waals surface area (Å²) < 4.78 is 44.3. The first kappa shape index (κ1) is 26.0. The summed E-state index contributed by atoms with van der Waals surface area (Å²) in [6, 6.07) is 6.52. The number of ether oxygens (including phenoxy) is 3. The summed E-state index contributed by atoms with van der Waals surface area (Å²) in [6.45, 7) is 2.87. The van der Waals surface area contributed by atoms with Crippen LogP contribution in [0.4, 0.5) is 8.78 Å². The Kier molecular flexibility index (Phi) is 7.97. The number of rotatable bonds is 8. The van der Waals surface area contributed by atoms with Crippen LogP contribution in [0.1, 0.15) is 29.5 Å². The number of carbonyl (C=O) groups is 2. The van der Waals surface area contributed by atoms with E-state index in [1.54, 1.807) is 4.90 Å². The quantitative estimate of drug-likeness (QED) is 0.470. The van der Waals surface area contributed by atoms with Crippen molar-refractivity contribution in [3.63, 3.8) is 0 Å². The van der Waals surface area contributed by atoms with E-state index in [0.717, 1.165) is 6.07 Å². The number of H-pyrrole nitrogens is 1. The summed E-state index contributed by atoms with van der Waals surface area (Å²) >= 11 is 0. The number of morpholine rings is 1. The molecular formula is C25H26F2N4O6. The van der Waals surface area contributed by atoms with Gasteiger partial charge < -0.3 is 29.4 Å². The Labute approximate surface area is 210 Å². The van der Waals surface area contributed by atoms with Crippen molar-refractivity contribution in [2.24, 2.45) is 0 Å². The number of nitrogens with one attached hydrogen (secondary N) is 2. The average molecular weight is 517 g/mol. The van der Waals surface area contributed by atoms with Gasteiger partial charge in [0.2, 0.25) is 5.91 Å². The maximum Gasteiger partial charge on any atom is 0.287 e. The van der Waals surface area contributed by atoms with E-state index in [0.29, 0.717) is 31.7 Å². The van der Waals surface area contributed by atoms with Crippen molar-refractivity contribution in [3.05, 3.63) is 63.7 Å². The summed E-state index contributed by atoms with van der Waals surface area (Å²) in [5.74, 6) is -2.54. The molecule has 1 aliphatic heterocycles. The third-order valence-electron chi connectivity index (χ3n) is 5.93. The zero-order valence-corrected chi connectivity index (χ0v) is 20.3. The van der Waals surface area contributed by atoms with Crippen LogP contribution in [-0.2, 0) is 16.1 Å². The number of benzene rings is 2. The van der Waals surface area contributed by atoms with E-state index < -0.39 is 23.1 Å². The number of hydrogen-bond acceptors (Lipinski definition) is 7. The first-order chi connectivity index (χ1) is 17.8. The van der Waals surface area contributed by atoms with Crippen LogP contribution < -0.4 is 20.3 Å². The van der Waals surface area contributed by atoms with Crippen molar-refractivity contribution < 1.29 is 32.6 Å². The predicted octanol–water partition coefficient (Wildman–Crippen LogP) is 2.16. The van der Waals surface area contributed by atoms with E-state index in [2.05, 4.69) is 15.3 Å². The highest BCUT2D eigenvalue weighted by Crippen LogP contribution is 2.26. The maximum absolute atomic E-state index is 14.6. The number of methoxy groups -OCH3 is 1. The van der Waals surface area contributed by atoms with Gasteiger partial charge in [-0.1, -0.05) is 6.07 Å². The molecule has 0 bridgehead atoms. The molecule has 0 spiro atoms. The van der Waals surface area contributed by atoms with Gasteiger partial charge >= 0.3 is 0 Å². The first-order valence-corrected chi connectivity index (χ1v) is 11.6. The maximum atomic E-state index is 14.6. The molecule has 2 amide bonds. The van der Waals surface area contributed by atoms with Crippen LogP contribution in [0.25, 0.3) is 10.9 Å². The monoisotopic (exact) mass is 516 g/mol. The molecule has 1 unspecified atom stereocenters. The summed E-state index contributed by atoms with van der Waals surface area (Å²) in [4.78, 5) is 45.2. The van der Waals surface area contributed by atoms with Crippen molar-refractivity contribution in [2.75, 3.05) is 33.4 Å². The Morgan fingerprint density at radius 3 is 2.78 bits per heavy atom. The molecule has 4 rings (SSSR count). The highest BCUT2D eigenvalue weighted by molar-refractivity contribution is 5.93. The fraction of sp³-hybridized carbons (Fsp3) is 0.360. The highest BCUT2D eigenvalue weighted by Gasteiger charge is 2.23. The molecule has 0 radical (unpaired) electrons. The molecule has 3 aromatic rings. The van der Waals surface area contributed by atoms with Gasteiger partial charge in [0, 0.05) is 33.0 Å². The smallest absolute Gasteiger partial charge is 0.287 e. The third kappa shape index (κ3) is 6.02. The lowest BCUT2D eigenvalue weighted by molar-refractivity contribution is -0.136. The van der Waals surface area contributed by atoms with Crippen molar-refractivity contribution in [1.82, 2.24) is 20.2 Å². The number of carbonyl (C=O) groups excluding carboxylic acids is 2. The molecule has 1 aliphatic rings. The highest BCUT2D eigenvalue weighted by atomic mass is 19.1. The fourth-order valence-electron chi connectivity index (χ4n) is 3.98. The molecule has 2 N–H and O–H groups in total. The lowest BCUT2D eigenvalue weighted by Crippen LogP contribution is -2.45. The topological polar surface area (TPSA) is 123 Å². The van der Waals surface area contributed by atoms with Gasteiger partial charge in [-0.05, 0) is 29.8 Å². The van der Waals surface area contributed by atoms with Crippen LogP contribution in [0.3, 0.4) is 0 Å². The molecule has 1 saturated heterocycles. The lowest BCUT2D eigenvalue weighted by atomic mass is 10.2. The largest absolute Gasteiger partial charge is 0.494 e. The first-order valence-electron chi connectivity index (χ1n) is 11.6. The summed E-state index contributed by atoms with van der Waals surface area (Å²) in [5.41, 5.74) is -0.101. The number of aromatic amines is 1. The zero-order valence-electron chi connectivity index (χ0n) is 20.3. The van der Waals surface area contributed by atoms with E-state index in [4.69, 9.17) is 14.2 Å². The van der Waals surface area contributed by atoms with Gasteiger partial charge in [0.1, 0.15) is 5.39 Å². The number of amides is 2. The number of aromatic nitrogens is 2. The van der Waals surface area contributed by atoms with Gasteiger partial charge in [0.15, 0.2) is 29.0 Å². The Morgan fingerprint density at radius 2 is 2.03 bits per heavy atom. The molecule has 2 aromatic carbocycles. The van der Waals surface area contributed by atoms with E-state index in [9.17, 15) is 23.2 Å². The van der Waals surface area contributed by atoms with E-state index in [1.807, 2.05) is 0 Å². The molecular weight excluding hydrogens is 490 g/mol. The zero-order chi connectivity index (χ0) is 26.5. The number of nitrogens with zero attached hydrogens (tertiary/aromatic N) is 2. The average Bonchev–Trinajstić information content (AvgIpc) is 2.89. The molecule has 1 atom stereocenters. The molecule has 37 heavy (non-hydrogen) atoms. The minimum absolute atomic E-state index is 0.0271. The molecule has 196 valence electrons. The van der Waals surface area contributed by atoms with E-state index in [1.165, 1.54) is 38.3 Å². The standard InChI is InChI=1S/C25H26F2N4O6/c1-14(32)31-8-10-36-16(13-31)7-9-37-22-18(27)5-6-19-21(22)24(33)30-23(29-19)25(34)28-12-15-3-4-17(26)20(11-15)35-2/h3-6,11,16H,7-10,12-13H2,1-2H3,(H,28,34)(H,29,30,33). The van der Waals surface area contributed by atoms with Crippen LogP contribution in [0.2, 0.25) is 0 Å². The number of halogens is 2. The second-order valence-corrected chi connectivity index (χ2v) is 8.43. The molecule has 1 aromatic heterocycles. The van der Waals surface area contributed by atoms with Gasteiger partial charge in [-0.3, -0.25) is 14.4 Å². The van der Waals surface area contributed by atoms with Gasteiger partial charge in [-0.2, -0.15) is 0 Å². The second-order valence-electron chi connectivity index (χ2n) is 8.43. The predicted molar refractivity (Wildman–Crippen MR) is 129 cm³/mol. The molecule has 10 nitrogen and oxygen atoms in total. The number of fused-ring (bicyclic) bond motifs is 1. The lowest BCUT2D eigenvalue weighted by Gasteiger charge is -2.32. The van der Waals surface area contributed by atoms with Crippen molar-refractivity contribution in [3.8, 4) is 11.5 Å². The Hall–Kier alpha value is -4.06. The van der Waals surface area contributed by atoms with Crippen molar-refractivity contribution in [1.29, 1.82) is 0 Å². The summed E-state index contributed by atoms with van der Waals surface area (Å²) in [7, 11) is 1.33. The second kappa shape index (κ2) is 11.3. The van der Waals surface area contributed by atoms with E-state index >= 15 is 0 Å². The molecule has 12 heteroatoms. The fourth-order valence-corrected chi connectivity index (χ4v) is 3.98. The van der Waals surface area contributed by atoms with Gasteiger partial charge in [0.25, 0.3) is 11.5 Å². The number of hydrogen-bond donors (Lipinski definition) is 2. The van der Waals surface area contributed by atoms with Crippen LogP contribution in [0, 0.1) is 11.6 Å². The van der Waals surface area contributed by atoms with Crippen LogP contribution in [0.5, 0.6) is 11.5 Å². The van der Waals surface area contributed by atoms with E-state index in [-0.39, 0.29) is 53.4 Å². The third-order valence-corrected chi connectivity index (χ3v) is 5.93. The molecule has 1 fully saturated rings. The van der Waals surface area contributed by atoms with Crippen LogP contribution >= 0.6 is 0 Å². The van der Waals surface area contributed by atoms with Gasteiger partial charge in [0.05, 0.1) is 31.9 Å². The molecule has 0 saturated carbocycles. The van der Waals surface area contributed by atoms with Crippen molar-refractivity contribution >= 4 is 22.7 Å². The van der Waals surface area contributed by atoms with Crippen LogP contribution in [-0.4, -0.2) is 66.2 Å². The Morgan fingerprint density at radius 1 is 1.24 bits per heavy atom. The molecule has 2 heterocycles. The Balaban J connectivity index is 1.46. The SMILES string of the molecule is COc1cc(CNC(=O)c2nc3ccc(F)c(OCCC4CN(C(C)=O)CCO4)c3c(=O)[nH]2)ccc1F. The van der Waals surface area contributed by atoms with Gasteiger partial charge in [-0.15, -0.1) is 0 Å². The van der Waals surface area contributed by atoms with Gasteiger partial charge in [-0.25, -0.2) is 13.8 Å². The summed E-state index contributed by atoms with van der Waals surface area (Å²) in [5, 5.41) is 2.46.